The summed E-state index contributed by atoms with van der Waals surface area (Å²) in [6, 6.07) is 0. The standard InChI is InChI=1S/C12H24.C2H6/c1-5-12(3,4)11-8-6-10(2)7-9-11;1-2/h10-11H,5-9H2,1-4H3;1-2H3. The predicted molar refractivity (Wildman–Crippen MR) is 66.5 cm³/mol. The summed E-state index contributed by atoms with van der Waals surface area (Å²) in [5.74, 6) is 1.99. The van der Waals surface area contributed by atoms with Crippen molar-refractivity contribution in [1.82, 2.24) is 0 Å². The minimum absolute atomic E-state index is 0.597. The van der Waals surface area contributed by atoms with E-state index in [0.717, 1.165) is 11.8 Å². The van der Waals surface area contributed by atoms with Gasteiger partial charge < -0.3 is 0 Å². The van der Waals surface area contributed by atoms with Gasteiger partial charge >= 0.3 is 0 Å². The van der Waals surface area contributed by atoms with Crippen LogP contribution < -0.4 is 0 Å². The van der Waals surface area contributed by atoms with Gasteiger partial charge in [0.2, 0.25) is 0 Å². The van der Waals surface area contributed by atoms with Crippen molar-refractivity contribution in [2.75, 3.05) is 0 Å². The Hall–Kier alpha value is 0. The van der Waals surface area contributed by atoms with E-state index < -0.39 is 0 Å². The van der Waals surface area contributed by atoms with E-state index >= 15 is 0 Å². The first-order valence-electron chi connectivity index (χ1n) is 6.56. The van der Waals surface area contributed by atoms with Gasteiger partial charge in [-0.05, 0) is 30.1 Å². The monoisotopic (exact) mass is 198 g/mol. The molecule has 0 aromatic heterocycles. The van der Waals surface area contributed by atoms with E-state index in [4.69, 9.17) is 0 Å². The SMILES string of the molecule is CC.CCC(C)(C)C1CCC(C)CC1. The number of hydrogen-bond donors (Lipinski definition) is 0. The first-order valence-corrected chi connectivity index (χ1v) is 6.56. The van der Waals surface area contributed by atoms with Crippen molar-refractivity contribution in [2.45, 2.75) is 73.6 Å². The third-order valence-corrected chi connectivity index (χ3v) is 4.03. The minimum Gasteiger partial charge on any atom is -0.0683 e. The maximum atomic E-state index is 2.44. The van der Waals surface area contributed by atoms with Gasteiger partial charge in [0.15, 0.2) is 0 Å². The molecule has 0 radical (unpaired) electrons. The molecule has 0 amide bonds. The largest absolute Gasteiger partial charge is 0.0683 e. The van der Waals surface area contributed by atoms with Crippen molar-refractivity contribution in [3.63, 3.8) is 0 Å². The fourth-order valence-electron chi connectivity index (χ4n) is 2.33. The van der Waals surface area contributed by atoms with E-state index in [1.165, 1.54) is 32.1 Å². The number of rotatable bonds is 2. The normalized spacial score (nSPS) is 27.9. The van der Waals surface area contributed by atoms with E-state index in [-0.39, 0.29) is 0 Å². The Morgan fingerprint density at radius 2 is 1.43 bits per heavy atom. The van der Waals surface area contributed by atoms with Gasteiger partial charge in [0.1, 0.15) is 0 Å². The van der Waals surface area contributed by atoms with Crippen molar-refractivity contribution in [3.05, 3.63) is 0 Å². The Morgan fingerprint density at radius 1 is 1.00 bits per heavy atom. The highest BCUT2D eigenvalue weighted by atomic mass is 14.4. The highest BCUT2D eigenvalue weighted by molar-refractivity contribution is 4.81. The van der Waals surface area contributed by atoms with Gasteiger partial charge in [0.05, 0.1) is 0 Å². The van der Waals surface area contributed by atoms with Crippen LogP contribution in [-0.2, 0) is 0 Å². The number of hydrogen-bond acceptors (Lipinski definition) is 0. The fourth-order valence-corrected chi connectivity index (χ4v) is 2.33. The molecule has 0 saturated heterocycles. The molecule has 0 aromatic carbocycles. The molecule has 86 valence electrons. The van der Waals surface area contributed by atoms with Crippen molar-refractivity contribution in [1.29, 1.82) is 0 Å². The van der Waals surface area contributed by atoms with E-state index in [9.17, 15) is 0 Å². The summed E-state index contributed by atoms with van der Waals surface area (Å²) in [6.45, 7) is 13.6. The average Bonchev–Trinajstić information content (AvgIpc) is 2.21. The van der Waals surface area contributed by atoms with E-state index in [1.807, 2.05) is 13.8 Å². The third kappa shape index (κ3) is 4.02. The fraction of sp³-hybridized carbons (Fsp3) is 1.00. The van der Waals surface area contributed by atoms with Gasteiger partial charge in [-0.2, -0.15) is 0 Å². The lowest BCUT2D eigenvalue weighted by molar-refractivity contribution is 0.133. The first-order chi connectivity index (χ1) is 6.56. The smallest absolute Gasteiger partial charge is 0.0329 e. The molecule has 1 aliphatic rings. The lowest BCUT2D eigenvalue weighted by Crippen LogP contribution is -2.27. The highest BCUT2D eigenvalue weighted by Crippen LogP contribution is 2.41. The molecule has 0 nitrogen and oxygen atoms in total. The van der Waals surface area contributed by atoms with E-state index in [0.29, 0.717) is 5.41 Å². The third-order valence-electron chi connectivity index (χ3n) is 4.03. The van der Waals surface area contributed by atoms with Crippen LogP contribution in [0.25, 0.3) is 0 Å². The lowest BCUT2D eigenvalue weighted by atomic mass is 9.68. The van der Waals surface area contributed by atoms with E-state index in [1.54, 1.807) is 0 Å². The summed E-state index contributed by atoms with van der Waals surface area (Å²) in [5, 5.41) is 0. The summed E-state index contributed by atoms with van der Waals surface area (Å²) in [5.41, 5.74) is 0.597. The molecule has 0 unspecified atom stereocenters. The molecule has 0 aliphatic heterocycles. The van der Waals surface area contributed by atoms with Crippen LogP contribution >= 0.6 is 0 Å². The topological polar surface area (TPSA) is 0 Å². The molecule has 0 spiro atoms. The molecule has 0 bridgehead atoms. The van der Waals surface area contributed by atoms with Gasteiger partial charge in [-0.15, -0.1) is 0 Å². The second-order valence-corrected chi connectivity index (χ2v) is 5.30. The molecule has 1 fully saturated rings. The summed E-state index contributed by atoms with van der Waals surface area (Å²) in [4.78, 5) is 0. The summed E-state index contributed by atoms with van der Waals surface area (Å²) >= 11 is 0. The molecular weight excluding hydrogens is 168 g/mol. The predicted octanol–water partition coefficient (Wildman–Crippen LogP) is 5.28. The Balaban J connectivity index is 0.000000791. The molecule has 1 rings (SSSR count). The van der Waals surface area contributed by atoms with Gasteiger partial charge in [-0.25, -0.2) is 0 Å². The maximum absolute atomic E-state index is 2.44. The summed E-state index contributed by atoms with van der Waals surface area (Å²) < 4.78 is 0. The van der Waals surface area contributed by atoms with Crippen LogP contribution in [-0.4, -0.2) is 0 Å². The summed E-state index contributed by atoms with van der Waals surface area (Å²) in [6.07, 6.45) is 7.22. The van der Waals surface area contributed by atoms with Gasteiger partial charge in [-0.3, -0.25) is 0 Å². The van der Waals surface area contributed by atoms with Crippen molar-refractivity contribution >= 4 is 0 Å². The van der Waals surface area contributed by atoms with E-state index in [2.05, 4.69) is 27.7 Å². The highest BCUT2D eigenvalue weighted by Gasteiger charge is 2.30. The molecule has 1 saturated carbocycles. The molecule has 0 atom stereocenters. The average molecular weight is 198 g/mol. The van der Waals surface area contributed by atoms with Crippen molar-refractivity contribution in [2.24, 2.45) is 17.3 Å². The second kappa shape index (κ2) is 6.48. The Bertz CT molecular complexity index is 127. The van der Waals surface area contributed by atoms with Crippen LogP contribution in [0.1, 0.15) is 73.6 Å². The second-order valence-electron chi connectivity index (χ2n) is 5.30. The molecule has 0 heterocycles. The first kappa shape index (κ1) is 14.0. The van der Waals surface area contributed by atoms with Crippen molar-refractivity contribution < 1.29 is 0 Å². The summed E-state index contributed by atoms with van der Waals surface area (Å²) in [7, 11) is 0. The Labute approximate surface area is 91.5 Å². The van der Waals surface area contributed by atoms with Crippen LogP contribution in [0.15, 0.2) is 0 Å². The lowest BCUT2D eigenvalue weighted by Gasteiger charge is -2.38. The Morgan fingerprint density at radius 3 is 1.79 bits per heavy atom. The van der Waals surface area contributed by atoms with Crippen LogP contribution in [0.2, 0.25) is 0 Å². The quantitative estimate of drug-likeness (QED) is 0.566. The Kier molecular flexibility index (Phi) is 6.48. The molecule has 0 heteroatoms. The van der Waals surface area contributed by atoms with Crippen molar-refractivity contribution in [3.8, 4) is 0 Å². The van der Waals surface area contributed by atoms with Crippen LogP contribution in [0.3, 0.4) is 0 Å². The zero-order chi connectivity index (χ0) is 11.2. The molecular formula is C14H30. The molecule has 0 N–H and O–H groups in total. The van der Waals surface area contributed by atoms with Crippen LogP contribution in [0.5, 0.6) is 0 Å². The molecule has 0 aromatic rings. The van der Waals surface area contributed by atoms with Crippen LogP contribution in [0, 0.1) is 17.3 Å². The molecule has 14 heavy (non-hydrogen) atoms. The van der Waals surface area contributed by atoms with Gasteiger partial charge in [-0.1, -0.05) is 60.8 Å². The van der Waals surface area contributed by atoms with Gasteiger partial charge in [0.25, 0.3) is 0 Å². The maximum Gasteiger partial charge on any atom is -0.0329 e. The zero-order valence-electron chi connectivity index (χ0n) is 11.2. The molecule has 1 aliphatic carbocycles. The van der Waals surface area contributed by atoms with Gasteiger partial charge in [0, 0.05) is 0 Å². The minimum atomic E-state index is 0.597. The van der Waals surface area contributed by atoms with Crippen LogP contribution in [0.4, 0.5) is 0 Å². The zero-order valence-corrected chi connectivity index (χ0v) is 11.2.